The number of benzene rings is 1. The molecule has 3 rings (SSSR count). The SMILES string of the molecule is CC1CCCN(CCC(=O)N2CCN(c3cccc(Cl)c3)CC2)C1. The number of anilines is 1. The van der Waals surface area contributed by atoms with Gasteiger partial charge in [0.2, 0.25) is 5.91 Å². The average molecular weight is 350 g/mol. The van der Waals surface area contributed by atoms with Crippen molar-refractivity contribution in [3.8, 4) is 0 Å². The minimum Gasteiger partial charge on any atom is -0.368 e. The van der Waals surface area contributed by atoms with Gasteiger partial charge in [0.25, 0.3) is 0 Å². The first-order valence-electron chi connectivity index (χ1n) is 9.12. The van der Waals surface area contributed by atoms with Gasteiger partial charge in [0.1, 0.15) is 0 Å². The summed E-state index contributed by atoms with van der Waals surface area (Å²) in [7, 11) is 0. The molecule has 1 aromatic rings. The second-order valence-corrected chi connectivity index (χ2v) is 7.58. The van der Waals surface area contributed by atoms with Crippen molar-refractivity contribution in [1.82, 2.24) is 9.80 Å². The van der Waals surface area contributed by atoms with Crippen LogP contribution in [0.3, 0.4) is 0 Å². The van der Waals surface area contributed by atoms with Crippen LogP contribution in [0.5, 0.6) is 0 Å². The van der Waals surface area contributed by atoms with Gasteiger partial charge >= 0.3 is 0 Å². The van der Waals surface area contributed by atoms with E-state index in [1.807, 2.05) is 23.1 Å². The molecule has 0 aromatic heterocycles. The predicted molar refractivity (Wildman–Crippen MR) is 99.7 cm³/mol. The molecule has 0 radical (unpaired) electrons. The van der Waals surface area contributed by atoms with Crippen LogP contribution in [0.1, 0.15) is 26.2 Å². The summed E-state index contributed by atoms with van der Waals surface area (Å²) in [5.74, 6) is 1.08. The molecule has 0 saturated carbocycles. The molecule has 1 atom stereocenters. The Bertz CT molecular complexity index is 557. The molecule has 1 unspecified atom stereocenters. The van der Waals surface area contributed by atoms with Gasteiger partial charge in [-0.05, 0) is 43.5 Å². The van der Waals surface area contributed by atoms with E-state index >= 15 is 0 Å². The van der Waals surface area contributed by atoms with E-state index in [4.69, 9.17) is 11.6 Å². The molecule has 1 aromatic carbocycles. The van der Waals surface area contributed by atoms with Crippen LogP contribution < -0.4 is 4.90 Å². The number of rotatable bonds is 4. The van der Waals surface area contributed by atoms with Crippen molar-refractivity contribution in [3.63, 3.8) is 0 Å². The topological polar surface area (TPSA) is 26.8 Å². The van der Waals surface area contributed by atoms with Crippen LogP contribution >= 0.6 is 11.6 Å². The normalized spacial score (nSPS) is 22.7. The zero-order valence-electron chi connectivity index (χ0n) is 14.6. The van der Waals surface area contributed by atoms with Crippen molar-refractivity contribution in [2.75, 3.05) is 50.7 Å². The summed E-state index contributed by atoms with van der Waals surface area (Å²) in [5.41, 5.74) is 1.15. The van der Waals surface area contributed by atoms with Crippen LogP contribution in [0, 0.1) is 5.92 Å². The van der Waals surface area contributed by atoms with Crippen LogP contribution in [0.2, 0.25) is 5.02 Å². The molecule has 132 valence electrons. The lowest BCUT2D eigenvalue weighted by atomic mass is 10.0. The van der Waals surface area contributed by atoms with E-state index in [2.05, 4.69) is 22.8 Å². The van der Waals surface area contributed by atoms with Crippen LogP contribution in [0.15, 0.2) is 24.3 Å². The molecular weight excluding hydrogens is 322 g/mol. The Balaban J connectivity index is 1.43. The highest BCUT2D eigenvalue weighted by atomic mass is 35.5. The van der Waals surface area contributed by atoms with Gasteiger partial charge in [-0.2, -0.15) is 0 Å². The number of hydrogen-bond donors (Lipinski definition) is 0. The summed E-state index contributed by atoms with van der Waals surface area (Å²) in [6.45, 7) is 8.90. The zero-order valence-corrected chi connectivity index (χ0v) is 15.3. The Morgan fingerprint density at radius 3 is 2.71 bits per heavy atom. The first kappa shape index (κ1) is 17.6. The molecule has 0 spiro atoms. The maximum atomic E-state index is 12.5. The van der Waals surface area contributed by atoms with Crippen molar-refractivity contribution < 1.29 is 4.79 Å². The van der Waals surface area contributed by atoms with Gasteiger partial charge in [0.05, 0.1) is 0 Å². The minimum atomic E-state index is 0.305. The van der Waals surface area contributed by atoms with E-state index in [0.717, 1.165) is 62.4 Å². The number of piperazine rings is 1. The third-order valence-electron chi connectivity index (χ3n) is 5.19. The fourth-order valence-electron chi connectivity index (χ4n) is 3.79. The van der Waals surface area contributed by atoms with Gasteiger partial charge < -0.3 is 14.7 Å². The van der Waals surface area contributed by atoms with Crippen molar-refractivity contribution in [2.24, 2.45) is 5.92 Å². The second kappa shape index (κ2) is 8.21. The Morgan fingerprint density at radius 2 is 2.00 bits per heavy atom. The van der Waals surface area contributed by atoms with Crippen LogP contribution in [-0.2, 0) is 4.79 Å². The van der Waals surface area contributed by atoms with Crippen LogP contribution in [0.25, 0.3) is 0 Å². The van der Waals surface area contributed by atoms with E-state index < -0.39 is 0 Å². The summed E-state index contributed by atoms with van der Waals surface area (Å²) < 4.78 is 0. The lowest BCUT2D eigenvalue weighted by Gasteiger charge is -2.37. The molecule has 0 bridgehead atoms. The molecule has 2 fully saturated rings. The number of piperidine rings is 1. The quantitative estimate of drug-likeness (QED) is 0.835. The fourth-order valence-corrected chi connectivity index (χ4v) is 3.97. The molecule has 5 heteroatoms. The number of carbonyl (C=O) groups excluding carboxylic acids is 1. The van der Waals surface area contributed by atoms with Gasteiger partial charge in [0, 0.05) is 56.4 Å². The standard InChI is InChI=1S/C19H28ClN3O/c1-16-4-3-8-21(15-16)9-7-19(24)23-12-10-22(11-13-23)18-6-2-5-17(20)14-18/h2,5-6,14,16H,3-4,7-13,15H2,1H3. The number of nitrogens with zero attached hydrogens (tertiary/aromatic N) is 3. The highest BCUT2D eigenvalue weighted by Crippen LogP contribution is 2.21. The molecule has 2 saturated heterocycles. The summed E-state index contributed by atoms with van der Waals surface area (Å²) in [6, 6.07) is 7.96. The minimum absolute atomic E-state index is 0.305. The number of amides is 1. The Labute approximate surface area is 150 Å². The predicted octanol–water partition coefficient (Wildman–Crippen LogP) is 3.11. The van der Waals surface area contributed by atoms with E-state index in [9.17, 15) is 4.79 Å². The molecule has 0 aliphatic carbocycles. The molecule has 2 heterocycles. The van der Waals surface area contributed by atoms with Crippen molar-refractivity contribution >= 4 is 23.2 Å². The smallest absolute Gasteiger partial charge is 0.223 e. The Kier molecular flexibility index (Phi) is 6.01. The number of hydrogen-bond acceptors (Lipinski definition) is 3. The fraction of sp³-hybridized carbons (Fsp3) is 0.632. The van der Waals surface area contributed by atoms with Crippen LogP contribution in [0.4, 0.5) is 5.69 Å². The van der Waals surface area contributed by atoms with Gasteiger partial charge in [-0.15, -0.1) is 0 Å². The van der Waals surface area contributed by atoms with E-state index in [0.29, 0.717) is 12.3 Å². The van der Waals surface area contributed by atoms with Crippen molar-refractivity contribution in [1.29, 1.82) is 0 Å². The maximum Gasteiger partial charge on any atom is 0.223 e. The highest BCUT2D eigenvalue weighted by Gasteiger charge is 2.23. The van der Waals surface area contributed by atoms with Gasteiger partial charge in [0.15, 0.2) is 0 Å². The second-order valence-electron chi connectivity index (χ2n) is 7.15. The molecule has 24 heavy (non-hydrogen) atoms. The average Bonchev–Trinajstić information content (AvgIpc) is 2.60. The van der Waals surface area contributed by atoms with E-state index in [-0.39, 0.29) is 0 Å². The Morgan fingerprint density at radius 1 is 1.21 bits per heavy atom. The van der Waals surface area contributed by atoms with Crippen molar-refractivity contribution in [2.45, 2.75) is 26.2 Å². The van der Waals surface area contributed by atoms with Gasteiger partial charge in [-0.1, -0.05) is 24.6 Å². The summed E-state index contributed by atoms with van der Waals surface area (Å²) in [5, 5.41) is 0.766. The van der Waals surface area contributed by atoms with Gasteiger partial charge in [-0.3, -0.25) is 4.79 Å². The molecule has 0 N–H and O–H groups in total. The molecule has 2 aliphatic rings. The highest BCUT2D eigenvalue weighted by molar-refractivity contribution is 6.30. The third kappa shape index (κ3) is 4.64. The largest absolute Gasteiger partial charge is 0.368 e. The Hall–Kier alpha value is -1.26. The lowest BCUT2D eigenvalue weighted by molar-refractivity contribution is -0.131. The van der Waals surface area contributed by atoms with E-state index in [1.54, 1.807) is 0 Å². The zero-order chi connectivity index (χ0) is 16.9. The third-order valence-corrected chi connectivity index (χ3v) is 5.42. The van der Waals surface area contributed by atoms with Crippen molar-refractivity contribution in [3.05, 3.63) is 29.3 Å². The first-order valence-corrected chi connectivity index (χ1v) is 9.50. The maximum absolute atomic E-state index is 12.5. The van der Waals surface area contributed by atoms with Crippen LogP contribution in [-0.4, -0.2) is 61.5 Å². The van der Waals surface area contributed by atoms with Gasteiger partial charge in [-0.25, -0.2) is 0 Å². The number of likely N-dealkylation sites (tertiary alicyclic amines) is 1. The lowest BCUT2D eigenvalue weighted by Crippen LogP contribution is -2.49. The molecular formula is C19H28ClN3O. The first-order chi connectivity index (χ1) is 11.6. The summed E-state index contributed by atoms with van der Waals surface area (Å²) in [6.07, 6.45) is 3.26. The number of carbonyl (C=O) groups is 1. The van der Waals surface area contributed by atoms with E-state index in [1.165, 1.54) is 12.8 Å². The molecule has 1 amide bonds. The molecule has 4 nitrogen and oxygen atoms in total. The molecule has 2 aliphatic heterocycles. The summed E-state index contributed by atoms with van der Waals surface area (Å²) >= 11 is 6.07. The monoisotopic (exact) mass is 349 g/mol. The number of halogens is 1. The summed E-state index contributed by atoms with van der Waals surface area (Å²) in [4.78, 5) is 19.3.